The highest BCUT2D eigenvalue weighted by Gasteiger charge is 2.30. The summed E-state index contributed by atoms with van der Waals surface area (Å²) >= 11 is 0. The lowest BCUT2D eigenvalue weighted by Crippen LogP contribution is -2.41. The molecule has 0 aromatic heterocycles. The Morgan fingerprint density at radius 2 is 1.83 bits per heavy atom. The number of carbonyl (C=O) groups is 2. The molecular weight excluding hydrogens is 313 g/mol. The van der Waals surface area contributed by atoms with Crippen molar-refractivity contribution >= 4 is 19.1 Å². The minimum atomic E-state index is -2.81. The van der Waals surface area contributed by atoms with Crippen LogP contribution < -0.4 is 0 Å². The number of benzene rings is 1. The van der Waals surface area contributed by atoms with Gasteiger partial charge in [0.1, 0.15) is 5.78 Å². The molecule has 0 saturated carbocycles. The first-order chi connectivity index (χ1) is 10.9. The first kappa shape index (κ1) is 17.9. The highest BCUT2D eigenvalue weighted by molar-refractivity contribution is 7.59. The topological polar surface area (TPSA) is 63.7 Å². The Morgan fingerprint density at radius 1 is 1.22 bits per heavy atom. The predicted molar refractivity (Wildman–Crippen MR) is 89.9 cm³/mol. The van der Waals surface area contributed by atoms with Gasteiger partial charge in [-0.2, -0.15) is 0 Å². The van der Waals surface area contributed by atoms with Crippen molar-refractivity contribution in [2.24, 2.45) is 5.92 Å². The fourth-order valence-corrected chi connectivity index (χ4v) is 3.76. The Balaban J connectivity index is 1.82. The van der Waals surface area contributed by atoms with E-state index in [9.17, 15) is 14.2 Å². The smallest absolute Gasteiger partial charge is 0.226 e. The van der Waals surface area contributed by atoms with Crippen LogP contribution in [0.4, 0.5) is 0 Å². The molecule has 126 valence electrons. The molecular formula is C17H24NO4P. The van der Waals surface area contributed by atoms with Gasteiger partial charge in [-0.05, 0) is 18.4 Å². The minimum absolute atomic E-state index is 0.00663. The number of ketones is 1. The van der Waals surface area contributed by atoms with E-state index in [-0.39, 0.29) is 23.8 Å². The maximum atomic E-state index is 12.3. The molecule has 1 unspecified atom stereocenters. The number of hydrogen-bond acceptors (Lipinski definition) is 4. The normalized spacial score (nSPS) is 18.4. The fraction of sp³-hybridized carbons (Fsp3) is 0.529. The third-order valence-electron chi connectivity index (χ3n) is 4.33. The van der Waals surface area contributed by atoms with Crippen molar-refractivity contribution < 1.29 is 18.7 Å². The quantitative estimate of drug-likeness (QED) is 0.749. The zero-order valence-corrected chi connectivity index (χ0v) is 14.6. The molecule has 0 spiro atoms. The van der Waals surface area contributed by atoms with Crippen LogP contribution >= 0.6 is 7.37 Å². The molecule has 0 radical (unpaired) electrons. The number of nitrogens with zero attached hydrogens (tertiary/aromatic N) is 1. The Morgan fingerprint density at radius 3 is 2.39 bits per heavy atom. The second-order valence-corrected chi connectivity index (χ2v) is 8.85. The van der Waals surface area contributed by atoms with Gasteiger partial charge < -0.3 is 9.42 Å². The van der Waals surface area contributed by atoms with Gasteiger partial charge in [0, 0.05) is 32.8 Å². The lowest BCUT2D eigenvalue weighted by atomic mass is 9.93. The summed E-state index contributed by atoms with van der Waals surface area (Å²) < 4.78 is 16.8. The Bertz CT molecular complexity index is 594. The molecule has 1 atom stereocenters. The van der Waals surface area contributed by atoms with Crippen LogP contribution in [-0.4, -0.2) is 49.6 Å². The lowest BCUT2D eigenvalue weighted by Gasteiger charge is -2.31. The molecule has 5 nitrogen and oxygen atoms in total. The number of amides is 1. The van der Waals surface area contributed by atoms with E-state index < -0.39 is 7.37 Å². The molecule has 1 aromatic carbocycles. The van der Waals surface area contributed by atoms with E-state index in [2.05, 4.69) is 0 Å². The van der Waals surface area contributed by atoms with Crippen molar-refractivity contribution in [1.82, 2.24) is 4.90 Å². The van der Waals surface area contributed by atoms with E-state index in [0.717, 1.165) is 5.56 Å². The van der Waals surface area contributed by atoms with Crippen LogP contribution in [0, 0.1) is 5.92 Å². The standard InChI is InChI=1S/C17H24NO4P/c1-22-23(2,21)13-16(19)15-8-10-18(11-9-15)17(20)12-14-6-4-3-5-7-14/h3-7,15H,8-13H2,1-2H3. The van der Waals surface area contributed by atoms with Gasteiger partial charge in [0.15, 0.2) is 0 Å². The monoisotopic (exact) mass is 337 g/mol. The van der Waals surface area contributed by atoms with Crippen molar-refractivity contribution in [3.8, 4) is 0 Å². The number of hydrogen-bond donors (Lipinski definition) is 0. The third kappa shape index (κ3) is 5.29. The summed E-state index contributed by atoms with van der Waals surface area (Å²) in [7, 11) is -1.43. The first-order valence-electron chi connectivity index (χ1n) is 7.88. The van der Waals surface area contributed by atoms with Crippen LogP contribution in [0.1, 0.15) is 18.4 Å². The van der Waals surface area contributed by atoms with Gasteiger partial charge in [-0.15, -0.1) is 0 Å². The maximum Gasteiger partial charge on any atom is 0.226 e. The average Bonchev–Trinajstić information content (AvgIpc) is 2.55. The van der Waals surface area contributed by atoms with Gasteiger partial charge in [-0.3, -0.25) is 14.2 Å². The summed E-state index contributed by atoms with van der Waals surface area (Å²) in [6.07, 6.45) is 1.67. The van der Waals surface area contributed by atoms with Gasteiger partial charge in [0.05, 0.1) is 12.6 Å². The summed E-state index contributed by atoms with van der Waals surface area (Å²) in [6, 6.07) is 9.66. The molecule has 1 aromatic rings. The van der Waals surface area contributed by atoms with E-state index in [1.807, 2.05) is 35.2 Å². The maximum absolute atomic E-state index is 12.3. The largest absolute Gasteiger partial charge is 0.342 e. The highest BCUT2D eigenvalue weighted by atomic mass is 31.2. The Kier molecular flexibility index (Phi) is 6.14. The van der Waals surface area contributed by atoms with Crippen LogP contribution in [-0.2, 0) is 25.1 Å². The zero-order chi connectivity index (χ0) is 16.9. The second-order valence-electron chi connectivity index (χ2n) is 6.14. The summed E-state index contributed by atoms with van der Waals surface area (Å²) in [5, 5.41) is 0. The fourth-order valence-electron chi connectivity index (χ4n) is 2.81. The number of rotatable bonds is 6. The van der Waals surface area contributed by atoms with Crippen molar-refractivity contribution in [3.63, 3.8) is 0 Å². The van der Waals surface area contributed by atoms with Crippen LogP contribution in [0.3, 0.4) is 0 Å². The SMILES string of the molecule is COP(C)(=O)CC(=O)C1CCN(C(=O)Cc2ccccc2)CC1. The molecule has 0 aliphatic carbocycles. The highest BCUT2D eigenvalue weighted by Crippen LogP contribution is 2.42. The second kappa shape index (κ2) is 7.89. The van der Waals surface area contributed by atoms with Crippen LogP contribution in [0.5, 0.6) is 0 Å². The van der Waals surface area contributed by atoms with E-state index in [1.54, 1.807) is 0 Å². The van der Waals surface area contributed by atoms with Gasteiger partial charge in [0.25, 0.3) is 0 Å². The molecule has 6 heteroatoms. The summed E-state index contributed by atoms with van der Waals surface area (Å²) in [5.74, 6) is -0.0211. The van der Waals surface area contributed by atoms with Crippen molar-refractivity contribution in [2.45, 2.75) is 19.3 Å². The summed E-state index contributed by atoms with van der Waals surface area (Å²) in [4.78, 5) is 26.3. The van der Waals surface area contributed by atoms with Crippen LogP contribution in [0.25, 0.3) is 0 Å². The Hall–Kier alpha value is -1.45. The molecule has 1 heterocycles. The van der Waals surface area contributed by atoms with Gasteiger partial charge >= 0.3 is 0 Å². The number of Topliss-reactive ketones (excluding diaryl/α,β-unsaturated/α-hetero) is 1. The predicted octanol–water partition coefficient (Wildman–Crippen LogP) is 2.59. The molecule has 2 rings (SSSR count). The molecule has 1 amide bonds. The molecule has 1 fully saturated rings. The Labute approximate surface area is 137 Å². The number of piperidine rings is 1. The van der Waals surface area contributed by atoms with E-state index >= 15 is 0 Å². The lowest BCUT2D eigenvalue weighted by molar-refractivity contribution is -0.134. The minimum Gasteiger partial charge on any atom is -0.342 e. The van der Waals surface area contributed by atoms with Gasteiger partial charge in [0.2, 0.25) is 13.3 Å². The summed E-state index contributed by atoms with van der Waals surface area (Å²) in [5.41, 5.74) is 1.00. The third-order valence-corrected chi connectivity index (χ3v) is 5.99. The zero-order valence-electron chi connectivity index (χ0n) is 13.7. The first-order valence-corrected chi connectivity index (χ1v) is 10.1. The van der Waals surface area contributed by atoms with Gasteiger partial charge in [-0.1, -0.05) is 30.3 Å². The van der Waals surface area contributed by atoms with Crippen molar-refractivity contribution in [1.29, 1.82) is 0 Å². The van der Waals surface area contributed by atoms with Crippen molar-refractivity contribution in [3.05, 3.63) is 35.9 Å². The molecule has 1 aliphatic heterocycles. The molecule has 1 saturated heterocycles. The molecule has 0 bridgehead atoms. The summed E-state index contributed by atoms with van der Waals surface area (Å²) in [6.45, 7) is 2.66. The van der Waals surface area contributed by atoms with Crippen LogP contribution in [0.2, 0.25) is 0 Å². The van der Waals surface area contributed by atoms with Gasteiger partial charge in [-0.25, -0.2) is 0 Å². The average molecular weight is 337 g/mol. The van der Waals surface area contributed by atoms with E-state index in [1.165, 1.54) is 13.8 Å². The molecule has 1 aliphatic rings. The number of carbonyl (C=O) groups excluding carboxylic acids is 2. The van der Waals surface area contributed by atoms with Crippen molar-refractivity contribution in [2.75, 3.05) is 33.0 Å². The van der Waals surface area contributed by atoms with Crippen LogP contribution in [0.15, 0.2) is 30.3 Å². The molecule has 0 N–H and O–H groups in total. The van der Waals surface area contributed by atoms with E-state index in [0.29, 0.717) is 32.4 Å². The number of likely N-dealkylation sites (tertiary alicyclic amines) is 1. The van der Waals surface area contributed by atoms with E-state index in [4.69, 9.17) is 4.52 Å². The molecule has 23 heavy (non-hydrogen) atoms.